The molecule has 0 aliphatic carbocycles. The van der Waals surface area contributed by atoms with Gasteiger partial charge >= 0.3 is 12.1 Å². The Morgan fingerprint density at radius 2 is 1.41 bits per heavy atom. The molecule has 0 fully saturated rings. The Morgan fingerprint density at radius 1 is 0.909 bits per heavy atom. The molecule has 6 heteroatoms. The lowest BCUT2D eigenvalue weighted by molar-refractivity contribution is -0.158. The van der Waals surface area contributed by atoms with Crippen LogP contribution in [0.4, 0.5) is 4.79 Å². The van der Waals surface area contributed by atoms with Crippen LogP contribution in [0.15, 0.2) is 0 Å². The second kappa shape index (κ2) is 8.36. The van der Waals surface area contributed by atoms with Crippen molar-refractivity contribution in [1.29, 1.82) is 0 Å². The number of carbonyl (C=O) groups excluding carboxylic acids is 2. The molecule has 0 aliphatic rings. The zero-order chi connectivity index (χ0) is 17.6. The first kappa shape index (κ1) is 20.7. The summed E-state index contributed by atoms with van der Waals surface area (Å²) in [7, 11) is 0. The third-order valence-corrected chi connectivity index (χ3v) is 2.48. The van der Waals surface area contributed by atoms with Crippen LogP contribution in [-0.4, -0.2) is 42.4 Å². The van der Waals surface area contributed by atoms with E-state index in [4.69, 9.17) is 9.47 Å². The Bertz CT molecular complexity index is 367. The highest BCUT2D eigenvalue weighted by atomic mass is 16.6. The van der Waals surface area contributed by atoms with E-state index in [-0.39, 0.29) is 11.9 Å². The molecule has 0 unspecified atom stereocenters. The van der Waals surface area contributed by atoms with E-state index in [2.05, 4.69) is 10.6 Å². The summed E-state index contributed by atoms with van der Waals surface area (Å²) in [6, 6.07) is -0.403. The maximum Gasteiger partial charge on any atom is 0.407 e. The van der Waals surface area contributed by atoms with Gasteiger partial charge in [-0.2, -0.15) is 0 Å². The van der Waals surface area contributed by atoms with Gasteiger partial charge in [-0.05, 0) is 47.5 Å². The van der Waals surface area contributed by atoms with Crippen molar-refractivity contribution >= 4 is 12.1 Å². The van der Waals surface area contributed by atoms with E-state index >= 15 is 0 Å². The third kappa shape index (κ3) is 10.4. The van der Waals surface area contributed by atoms with Crippen molar-refractivity contribution in [2.75, 3.05) is 13.1 Å². The molecule has 0 saturated heterocycles. The summed E-state index contributed by atoms with van der Waals surface area (Å²) in [6.45, 7) is 15.7. The number of esters is 1. The van der Waals surface area contributed by atoms with Crippen molar-refractivity contribution in [2.24, 2.45) is 5.92 Å². The van der Waals surface area contributed by atoms with Crippen molar-refractivity contribution in [1.82, 2.24) is 10.6 Å². The molecule has 0 bridgehead atoms. The lowest BCUT2D eigenvalue weighted by Gasteiger charge is -2.26. The SMILES string of the molecule is CC(C)[C@H](NCCNC(=O)OC(C)(C)C)C(=O)OC(C)(C)C. The minimum Gasteiger partial charge on any atom is -0.459 e. The van der Waals surface area contributed by atoms with Crippen molar-refractivity contribution in [3.8, 4) is 0 Å². The molecular formula is C16H32N2O4. The van der Waals surface area contributed by atoms with Gasteiger partial charge in [-0.25, -0.2) is 4.79 Å². The number of alkyl carbamates (subject to hydrolysis) is 1. The number of rotatable bonds is 6. The number of hydrogen-bond donors (Lipinski definition) is 2. The molecule has 0 aliphatic heterocycles. The summed E-state index contributed by atoms with van der Waals surface area (Å²) in [4.78, 5) is 23.6. The second-order valence-corrected chi connectivity index (χ2v) is 7.64. The number of hydrogen-bond acceptors (Lipinski definition) is 5. The molecule has 0 aromatic carbocycles. The third-order valence-electron chi connectivity index (χ3n) is 2.48. The highest BCUT2D eigenvalue weighted by molar-refractivity contribution is 5.76. The molecule has 0 aromatic rings. The molecule has 0 rings (SSSR count). The Kier molecular flexibility index (Phi) is 7.87. The summed E-state index contributed by atoms with van der Waals surface area (Å²) in [5, 5.41) is 5.76. The van der Waals surface area contributed by atoms with Crippen molar-refractivity contribution in [3.05, 3.63) is 0 Å². The fraction of sp³-hybridized carbons (Fsp3) is 0.875. The van der Waals surface area contributed by atoms with Gasteiger partial charge in [0.25, 0.3) is 0 Å². The van der Waals surface area contributed by atoms with E-state index in [1.54, 1.807) is 0 Å². The summed E-state index contributed by atoms with van der Waals surface area (Å²) in [6.07, 6.45) is -0.465. The monoisotopic (exact) mass is 316 g/mol. The Morgan fingerprint density at radius 3 is 1.82 bits per heavy atom. The maximum absolute atomic E-state index is 12.1. The average Bonchev–Trinajstić information content (AvgIpc) is 2.22. The molecule has 22 heavy (non-hydrogen) atoms. The predicted molar refractivity (Wildman–Crippen MR) is 86.7 cm³/mol. The number of ether oxygens (including phenoxy) is 2. The minimum absolute atomic E-state index is 0.0939. The Labute approximate surface area is 134 Å². The van der Waals surface area contributed by atoms with Gasteiger partial charge in [0.1, 0.15) is 17.2 Å². The largest absolute Gasteiger partial charge is 0.459 e. The highest BCUT2D eigenvalue weighted by Crippen LogP contribution is 2.12. The second-order valence-electron chi connectivity index (χ2n) is 7.64. The molecule has 0 radical (unpaired) electrons. The molecule has 130 valence electrons. The quantitative estimate of drug-likeness (QED) is 0.581. The Hall–Kier alpha value is -1.30. The van der Waals surface area contributed by atoms with Gasteiger partial charge in [-0.3, -0.25) is 4.79 Å². The van der Waals surface area contributed by atoms with Crippen LogP contribution < -0.4 is 10.6 Å². The average molecular weight is 316 g/mol. The number of nitrogens with one attached hydrogen (secondary N) is 2. The van der Waals surface area contributed by atoms with Crippen molar-refractivity contribution < 1.29 is 19.1 Å². The predicted octanol–water partition coefficient (Wildman–Crippen LogP) is 2.47. The molecule has 0 aromatic heterocycles. The summed E-state index contributed by atoms with van der Waals surface area (Å²) in [5.74, 6) is -0.184. The van der Waals surface area contributed by atoms with Gasteiger partial charge in [-0.1, -0.05) is 13.8 Å². The maximum atomic E-state index is 12.1. The zero-order valence-corrected chi connectivity index (χ0v) is 15.2. The van der Waals surface area contributed by atoms with Gasteiger partial charge in [-0.15, -0.1) is 0 Å². The summed E-state index contributed by atoms with van der Waals surface area (Å²) in [5.41, 5.74) is -1.03. The van der Waals surface area contributed by atoms with E-state index in [0.717, 1.165) is 0 Å². The van der Waals surface area contributed by atoms with E-state index in [0.29, 0.717) is 13.1 Å². The fourth-order valence-electron chi connectivity index (χ4n) is 1.66. The molecule has 1 atom stereocenters. The Balaban J connectivity index is 4.23. The van der Waals surface area contributed by atoms with E-state index in [1.165, 1.54) is 0 Å². The molecule has 2 N–H and O–H groups in total. The zero-order valence-electron chi connectivity index (χ0n) is 15.2. The molecule has 0 heterocycles. The first-order valence-electron chi connectivity index (χ1n) is 7.75. The van der Waals surface area contributed by atoms with E-state index in [9.17, 15) is 9.59 Å². The first-order chi connectivity index (χ1) is 9.82. The fourth-order valence-corrected chi connectivity index (χ4v) is 1.66. The van der Waals surface area contributed by atoms with Crippen LogP contribution in [0, 0.1) is 5.92 Å². The van der Waals surface area contributed by atoms with Gasteiger partial charge in [0.05, 0.1) is 0 Å². The van der Waals surface area contributed by atoms with Crippen LogP contribution in [0.2, 0.25) is 0 Å². The van der Waals surface area contributed by atoms with Gasteiger partial charge in [0.2, 0.25) is 0 Å². The highest BCUT2D eigenvalue weighted by Gasteiger charge is 2.27. The van der Waals surface area contributed by atoms with E-state index < -0.39 is 23.3 Å². The molecule has 0 saturated carbocycles. The standard InChI is InChI=1S/C16H32N2O4/c1-11(2)12(13(19)21-15(3,4)5)17-9-10-18-14(20)22-16(6,7)8/h11-12,17H,9-10H2,1-8H3,(H,18,20)/t12-/m0/s1. The normalized spacial score (nSPS) is 13.7. The van der Waals surface area contributed by atoms with Crippen LogP contribution in [0.25, 0.3) is 0 Å². The van der Waals surface area contributed by atoms with Gasteiger partial charge in [0, 0.05) is 13.1 Å². The molecule has 0 spiro atoms. The first-order valence-corrected chi connectivity index (χ1v) is 7.75. The lowest BCUT2D eigenvalue weighted by atomic mass is 10.0. The van der Waals surface area contributed by atoms with Crippen molar-refractivity contribution in [2.45, 2.75) is 72.6 Å². The topological polar surface area (TPSA) is 76.7 Å². The van der Waals surface area contributed by atoms with Crippen molar-refractivity contribution in [3.63, 3.8) is 0 Å². The molecule has 1 amide bonds. The number of carbonyl (C=O) groups is 2. The number of amides is 1. The van der Waals surface area contributed by atoms with Crippen LogP contribution in [0.5, 0.6) is 0 Å². The van der Waals surface area contributed by atoms with Gasteiger partial charge < -0.3 is 20.1 Å². The van der Waals surface area contributed by atoms with Crippen LogP contribution >= 0.6 is 0 Å². The molecular weight excluding hydrogens is 284 g/mol. The minimum atomic E-state index is -0.519. The van der Waals surface area contributed by atoms with Crippen LogP contribution in [0.3, 0.4) is 0 Å². The van der Waals surface area contributed by atoms with Crippen LogP contribution in [0.1, 0.15) is 55.4 Å². The summed E-state index contributed by atoms with van der Waals surface area (Å²) < 4.78 is 10.5. The smallest absolute Gasteiger partial charge is 0.407 e. The summed E-state index contributed by atoms with van der Waals surface area (Å²) >= 11 is 0. The molecule has 6 nitrogen and oxygen atoms in total. The van der Waals surface area contributed by atoms with Crippen LogP contribution in [-0.2, 0) is 14.3 Å². The van der Waals surface area contributed by atoms with Gasteiger partial charge in [0.15, 0.2) is 0 Å². The lowest BCUT2D eigenvalue weighted by Crippen LogP contribution is -2.47. The van der Waals surface area contributed by atoms with E-state index in [1.807, 2.05) is 55.4 Å².